The monoisotopic (exact) mass is 301 g/mol. The molecule has 0 radical (unpaired) electrons. The molecule has 2 heterocycles. The third-order valence-corrected chi connectivity index (χ3v) is 4.25. The number of nitrogens with one attached hydrogen (secondary N) is 1. The van der Waals surface area contributed by atoms with E-state index in [4.69, 9.17) is 0 Å². The third-order valence-electron chi connectivity index (χ3n) is 3.56. The Morgan fingerprint density at radius 1 is 1.43 bits per heavy atom. The zero-order chi connectivity index (χ0) is 14.8. The van der Waals surface area contributed by atoms with Gasteiger partial charge in [-0.2, -0.15) is 0 Å². The summed E-state index contributed by atoms with van der Waals surface area (Å²) in [5.74, 6) is -0.487. The number of carbonyl (C=O) groups excluding carboxylic acids is 2. The number of benzene rings is 1. The molecule has 1 aromatic carbocycles. The molecule has 0 unspecified atom stereocenters. The van der Waals surface area contributed by atoms with Gasteiger partial charge in [0.1, 0.15) is 0 Å². The second-order valence-electron chi connectivity index (χ2n) is 5.02. The van der Waals surface area contributed by atoms with Gasteiger partial charge in [0.25, 0.3) is 0 Å². The van der Waals surface area contributed by atoms with Gasteiger partial charge >= 0.3 is 0 Å². The maximum atomic E-state index is 12.2. The van der Waals surface area contributed by atoms with Crippen molar-refractivity contribution >= 4 is 34.0 Å². The highest BCUT2D eigenvalue weighted by atomic mass is 32.1. The number of aromatic nitrogens is 1. The summed E-state index contributed by atoms with van der Waals surface area (Å²) in [7, 11) is 0. The molecule has 0 spiro atoms. The molecule has 2 amide bonds. The molecule has 3 rings (SSSR count). The maximum absolute atomic E-state index is 12.2. The van der Waals surface area contributed by atoms with E-state index >= 15 is 0 Å². The van der Waals surface area contributed by atoms with E-state index in [1.54, 1.807) is 16.5 Å². The van der Waals surface area contributed by atoms with Crippen LogP contribution in [0.15, 0.2) is 35.8 Å². The first kappa shape index (κ1) is 13.8. The molecule has 6 heteroatoms. The molecule has 0 bridgehead atoms. The van der Waals surface area contributed by atoms with Crippen molar-refractivity contribution in [1.82, 2.24) is 4.98 Å². The highest BCUT2D eigenvalue weighted by Crippen LogP contribution is 2.28. The predicted molar refractivity (Wildman–Crippen MR) is 82.4 cm³/mol. The third kappa shape index (κ3) is 2.80. The van der Waals surface area contributed by atoms with Crippen LogP contribution in [0.2, 0.25) is 0 Å². The van der Waals surface area contributed by atoms with Crippen molar-refractivity contribution in [1.29, 1.82) is 0 Å². The van der Waals surface area contributed by atoms with E-state index in [-0.39, 0.29) is 24.2 Å². The number of aryl methyl sites for hydroxylation is 1. The van der Waals surface area contributed by atoms with Crippen LogP contribution in [0.4, 0.5) is 10.8 Å². The molecule has 1 N–H and O–H groups in total. The first-order chi connectivity index (χ1) is 10.1. The van der Waals surface area contributed by atoms with E-state index in [9.17, 15) is 9.59 Å². The molecule has 5 nitrogen and oxygen atoms in total. The molecule has 1 saturated heterocycles. The summed E-state index contributed by atoms with van der Waals surface area (Å²) in [4.78, 5) is 30.1. The van der Waals surface area contributed by atoms with Crippen LogP contribution in [0, 0.1) is 12.8 Å². The standard InChI is InChI=1S/C15H15N3O2S/c1-10-4-2-3-5-12(10)18-9-11(8-13(18)19)14(20)17-15-16-6-7-21-15/h2-7,11H,8-9H2,1H3,(H,16,17,20)/t11-/m0/s1. The summed E-state index contributed by atoms with van der Waals surface area (Å²) < 4.78 is 0. The Morgan fingerprint density at radius 2 is 2.24 bits per heavy atom. The van der Waals surface area contributed by atoms with Crippen molar-refractivity contribution in [2.75, 3.05) is 16.8 Å². The van der Waals surface area contributed by atoms with Crippen LogP contribution in [0.25, 0.3) is 0 Å². The Labute approximate surface area is 126 Å². The molecule has 2 aromatic rings. The van der Waals surface area contributed by atoms with Crippen LogP contribution in [-0.4, -0.2) is 23.3 Å². The number of carbonyl (C=O) groups is 2. The van der Waals surface area contributed by atoms with Crippen LogP contribution in [0.1, 0.15) is 12.0 Å². The quantitative estimate of drug-likeness (QED) is 0.947. The van der Waals surface area contributed by atoms with Crippen LogP contribution < -0.4 is 10.2 Å². The Kier molecular flexibility index (Phi) is 3.70. The summed E-state index contributed by atoms with van der Waals surface area (Å²) in [6.45, 7) is 2.38. The van der Waals surface area contributed by atoms with Gasteiger partial charge in [0.2, 0.25) is 11.8 Å². The van der Waals surface area contributed by atoms with Gasteiger partial charge in [0.05, 0.1) is 5.92 Å². The first-order valence-corrected chi connectivity index (χ1v) is 7.59. The van der Waals surface area contributed by atoms with Crippen molar-refractivity contribution in [2.45, 2.75) is 13.3 Å². The second-order valence-corrected chi connectivity index (χ2v) is 5.91. The number of para-hydroxylation sites is 1. The minimum atomic E-state index is -0.332. The first-order valence-electron chi connectivity index (χ1n) is 6.71. The Hall–Kier alpha value is -2.21. The molecule has 1 fully saturated rings. The summed E-state index contributed by atoms with van der Waals surface area (Å²) in [6.07, 6.45) is 1.88. The molecule has 0 aliphatic carbocycles. The van der Waals surface area contributed by atoms with Gasteiger partial charge < -0.3 is 10.2 Å². The molecular weight excluding hydrogens is 286 g/mol. The topological polar surface area (TPSA) is 62.3 Å². The normalized spacial score (nSPS) is 18.0. The Morgan fingerprint density at radius 3 is 2.95 bits per heavy atom. The van der Waals surface area contributed by atoms with Crippen LogP contribution in [0.3, 0.4) is 0 Å². The zero-order valence-corrected chi connectivity index (χ0v) is 12.4. The fourth-order valence-electron chi connectivity index (χ4n) is 2.47. The average molecular weight is 301 g/mol. The summed E-state index contributed by atoms with van der Waals surface area (Å²) >= 11 is 1.37. The molecule has 108 valence electrons. The molecule has 1 aromatic heterocycles. The van der Waals surface area contributed by atoms with E-state index in [0.717, 1.165) is 11.3 Å². The van der Waals surface area contributed by atoms with E-state index in [1.807, 2.05) is 31.2 Å². The summed E-state index contributed by atoms with van der Waals surface area (Å²) in [5.41, 5.74) is 1.92. The average Bonchev–Trinajstić information content (AvgIpc) is 3.09. The minimum Gasteiger partial charge on any atom is -0.311 e. The smallest absolute Gasteiger partial charge is 0.231 e. The number of thiazole rings is 1. The molecule has 0 saturated carbocycles. The second kappa shape index (κ2) is 5.65. The van der Waals surface area contributed by atoms with Gasteiger partial charge in [-0.3, -0.25) is 9.59 Å². The summed E-state index contributed by atoms with van der Waals surface area (Å²) in [5, 5.41) is 5.13. The lowest BCUT2D eigenvalue weighted by Crippen LogP contribution is -2.28. The molecule has 1 atom stereocenters. The van der Waals surface area contributed by atoms with Crippen LogP contribution in [-0.2, 0) is 9.59 Å². The van der Waals surface area contributed by atoms with E-state index < -0.39 is 0 Å². The van der Waals surface area contributed by atoms with Crippen LogP contribution in [0.5, 0.6) is 0 Å². The van der Waals surface area contributed by atoms with E-state index in [0.29, 0.717) is 11.7 Å². The number of hydrogen-bond acceptors (Lipinski definition) is 4. The van der Waals surface area contributed by atoms with Crippen molar-refractivity contribution in [3.8, 4) is 0 Å². The Bertz CT molecular complexity index is 669. The SMILES string of the molecule is Cc1ccccc1N1C[C@@H](C(=O)Nc2nccs2)CC1=O. The molecular formula is C15H15N3O2S. The summed E-state index contributed by atoms with van der Waals surface area (Å²) in [6, 6.07) is 7.71. The largest absolute Gasteiger partial charge is 0.311 e. The number of hydrogen-bond donors (Lipinski definition) is 1. The highest BCUT2D eigenvalue weighted by molar-refractivity contribution is 7.13. The maximum Gasteiger partial charge on any atom is 0.231 e. The number of rotatable bonds is 3. The van der Waals surface area contributed by atoms with Gasteiger partial charge in [0, 0.05) is 30.2 Å². The van der Waals surface area contributed by atoms with E-state index in [1.165, 1.54) is 11.3 Å². The Balaban J connectivity index is 1.73. The van der Waals surface area contributed by atoms with E-state index in [2.05, 4.69) is 10.3 Å². The van der Waals surface area contributed by atoms with Gasteiger partial charge in [-0.05, 0) is 18.6 Å². The van der Waals surface area contributed by atoms with Gasteiger partial charge in [0.15, 0.2) is 5.13 Å². The zero-order valence-electron chi connectivity index (χ0n) is 11.6. The van der Waals surface area contributed by atoms with Crippen LogP contribution >= 0.6 is 11.3 Å². The van der Waals surface area contributed by atoms with Crippen molar-refractivity contribution in [3.63, 3.8) is 0 Å². The van der Waals surface area contributed by atoms with Crippen molar-refractivity contribution in [3.05, 3.63) is 41.4 Å². The van der Waals surface area contributed by atoms with Gasteiger partial charge in [-0.25, -0.2) is 4.98 Å². The van der Waals surface area contributed by atoms with Crippen molar-refractivity contribution < 1.29 is 9.59 Å². The highest BCUT2D eigenvalue weighted by Gasteiger charge is 2.35. The number of amides is 2. The molecule has 1 aliphatic rings. The fraction of sp³-hybridized carbons (Fsp3) is 0.267. The number of anilines is 2. The fourth-order valence-corrected chi connectivity index (χ4v) is 3.01. The lowest BCUT2D eigenvalue weighted by Gasteiger charge is -2.18. The molecule has 1 aliphatic heterocycles. The minimum absolute atomic E-state index is 0.0106. The van der Waals surface area contributed by atoms with Crippen molar-refractivity contribution in [2.24, 2.45) is 5.92 Å². The predicted octanol–water partition coefficient (Wildman–Crippen LogP) is 2.44. The molecule has 21 heavy (non-hydrogen) atoms. The number of nitrogens with zero attached hydrogens (tertiary/aromatic N) is 2. The van der Waals surface area contributed by atoms with Gasteiger partial charge in [-0.1, -0.05) is 18.2 Å². The lowest BCUT2D eigenvalue weighted by atomic mass is 10.1. The lowest BCUT2D eigenvalue weighted by molar-refractivity contribution is -0.122. The van der Waals surface area contributed by atoms with Gasteiger partial charge in [-0.15, -0.1) is 11.3 Å².